The van der Waals surface area contributed by atoms with Gasteiger partial charge in [-0.25, -0.2) is 8.42 Å². The van der Waals surface area contributed by atoms with Crippen molar-refractivity contribution in [1.29, 1.82) is 0 Å². The summed E-state index contributed by atoms with van der Waals surface area (Å²) >= 11 is 5.83. The van der Waals surface area contributed by atoms with Gasteiger partial charge in [-0.15, -0.1) is 0 Å². The van der Waals surface area contributed by atoms with Gasteiger partial charge >= 0.3 is 0 Å². The number of rotatable bonds is 7. The Morgan fingerprint density at radius 2 is 1.97 bits per heavy atom. The van der Waals surface area contributed by atoms with Crippen LogP contribution in [0.15, 0.2) is 53.4 Å². The summed E-state index contributed by atoms with van der Waals surface area (Å²) in [7, 11) is -3.61. The molecule has 1 atom stereocenters. The molecule has 1 aliphatic rings. The van der Waals surface area contributed by atoms with Crippen LogP contribution in [0.4, 0.5) is 0 Å². The van der Waals surface area contributed by atoms with Gasteiger partial charge in [0, 0.05) is 23.2 Å². The topological polar surface area (TPSA) is 75.7 Å². The highest BCUT2D eigenvalue weighted by molar-refractivity contribution is 7.89. The largest absolute Gasteiger partial charge is 0.492 e. The van der Waals surface area contributed by atoms with Crippen molar-refractivity contribution in [2.45, 2.75) is 37.1 Å². The van der Waals surface area contributed by atoms with Gasteiger partial charge in [0.25, 0.3) is 5.91 Å². The predicted molar refractivity (Wildman–Crippen MR) is 113 cm³/mol. The van der Waals surface area contributed by atoms with E-state index in [4.69, 9.17) is 16.3 Å². The van der Waals surface area contributed by atoms with Crippen molar-refractivity contribution in [2.75, 3.05) is 19.7 Å². The number of benzene rings is 2. The summed E-state index contributed by atoms with van der Waals surface area (Å²) in [6.45, 7) is 3.02. The number of sulfonamides is 1. The maximum Gasteiger partial charge on any atom is 0.251 e. The highest BCUT2D eigenvalue weighted by atomic mass is 35.5. The Labute approximate surface area is 176 Å². The van der Waals surface area contributed by atoms with Crippen LogP contribution < -0.4 is 10.1 Å². The van der Waals surface area contributed by atoms with Crippen LogP contribution in [0.25, 0.3) is 0 Å². The molecule has 1 aliphatic heterocycles. The van der Waals surface area contributed by atoms with Gasteiger partial charge in [0.15, 0.2) is 0 Å². The average Bonchev–Trinajstić information content (AvgIpc) is 2.72. The zero-order valence-electron chi connectivity index (χ0n) is 16.3. The summed E-state index contributed by atoms with van der Waals surface area (Å²) < 4.78 is 33.0. The lowest BCUT2D eigenvalue weighted by Gasteiger charge is -2.32. The first kappa shape index (κ1) is 21.6. The lowest BCUT2D eigenvalue weighted by Crippen LogP contribution is -2.42. The Balaban J connectivity index is 1.59. The molecule has 8 heteroatoms. The summed E-state index contributed by atoms with van der Waals surface area (Å²) in [6, 6.07) is 13.1. The Bertz CT molecular complexity index is 947. The van der Waals surface area contributed by atoms with Crippen LogP contribution in [-0.2, 0) is 10.0 Å². The number of carbonyl (C=O) groups excluding carboxylic acids is 1. The second-order valence-corrected chi connectivity index (χ2v) is 9.37. The summed E-state index contributed by atoms with van der Waals surface area (Å²) in [6.07, 6.45) is 2.75. The molecule has 2 aromatic rings. The Hall–Kier alpha value is -2.09. The van der Waals surface area contributed by atoms with Gasteiger partial charge in [-0.3, -0.25) is 4.79 Å². The van der Waals surface area contributed by atoms with Gasteiger partial charge in [0.2, 0.25) is 10.0 Å². The first-order chi connectivity index (χ1) is 13.9. The normalized spacial score (nSPS) is 17.7. The number of hydrogen-bond donors (Lipinski definition) is 1. The summed E-state index contributed by atoms with van der Waals surface area (Å²) in [5.74, 6) is 0.320. The van der Waals surface area contributed by atoms with E-state index in [9.17, 15) is 13.2 Å². The highest BCUT2D eigenvalue weighted by Crippen LogP contribution is 2.25. The maximum absolute atomic E-state index is 13.0. The fourth-order valence-electron chi connectivity index (χ4n) is 3.33. The quantitative estimate of drug-likeness (QED) is 0.671. The number of nitrogens with zero attached hydrogens (tertiary/aromatic N) is 1. The summed E-state index contributed by atoms with van der Waals surface area (Å²) in [5.41, 5.74) is 0.308. The second kappa shape index (κ2) is 9.61. The molecule has 0 radical (unpaired) electrons. The van der Waals surface area contributed by atoms with Crippen molar-refractivity contribution in [3.8, 4) is 5.75 Å². The van der Waals surface area contributed by atoms with Crippen molar-refractivity contribution in [3.05, 3.63) is 59.1 Å². The molecule has 2 aromatic carbocycles. The fourth-order valence-corrected chi connectivity index (χ4v) is 5.20. The molecule has 156 valence electrons. The number of nitrogens with one attached hydrogen (secondary N) is 1. The van der Waals surface area contributed by atoms with E-state index in [-0.39, 0.29) is 23.5 Å². The smallest absolute Gasteiger partial charge is 0.251 e. The lowest BCUT2D eigenvalue weighted by molar-refractivity contribution is 0.0947. The van der Waals surface area contributed by atoms with E-state index < -0.39 is 10.0 Å². The number of halogens is 1. The maximum atomic E-state index is 13.0. The molecule has 0 aliphatic carbocycles. The standard InChI is InChI=1S/C21H25ClN2O4S/c1-16-5-2-3-13-24(16)29(26,27)20-7-4-6-17(15-20)21(25)23-12-14-28-19-10-8-18(22)9-11-19/h4,6-11,15-16H,2-3,5,12-14H2,1H3,(H,23,25). The van der Waals surface area contributed by atoms with Crippen LogP contribution in [0.5, 0.6) is 5.75 Å². The third kappa shape index (κ3) is 5.50. The molecule has 1 heterocycles. The molecule has 1 N–H and O–H groups in total. The molecule has 0 saturated carbocycles. The van der Waals surface area contributed by atoms with E-state index in [2.05, 4.69) is 5.32 Å². The number of hydrogen-bond acceptors (Lipinski definition) is 4. The Morgan fingerprint density at radius 1 is 1.21 bits per heavy atom. The van der Waals surface area contributed by atoms with E-state index in [0.717, 1.165) is 19.3 Å². The Morgan fingerprint density at radius 3 is 2.69 bits per heavy atom. The van der Waals surface area contributed by atoms with Crippen molar-refractivity contribution in [1.82, 2.24) is 9.62 Å². The van der Waals surface area contributed by atoms with Crippen molar-refractivity contribution in [3.63, 3.8) is 0 Å². The highest BCUT2D eigenvalue weighted by Gasteiger charge is 2.31. The third-order valence-corrected chi connectivity index (χ3v) is 7.18. The van der Waals surface area contributed by atoms with Crippen molar-refractivity contribution < 1.29 is 17.9 Å². The van der Waals surface area contributed by atoms with Crippen LogP contribution in [0.3, 0.4) is 0 Å². The Kier molecular flexibility index (Phi) is 7.16. The van der Waals surface area contributed by atoms with Crippen LogP contribution in [-0.4, -0.2) is 44.4 Å². The minimum absolute atomic E-state index is 0.0313. The van der Waals surface area contributed by atoms with Gasteiger partial charge in [-0.05, 0) is 62.2 Å². The minimum atomic E-state index is -3.61. The summed E-state index contributed by atoms with van der Waals surface area (Å²) in [5, 5.41) is 3.37. The molecule has 0 bridgehead atoms. The molecule has 1 fully saturated rings. The molecular formula is C21H25ClN2O4S. The molecule has 1 amide bonds. The molecular weight excluding hydrogens is 412 g/mol. The van der Waals surface area contributed by atoms with E-state index in [0.29, 0.717) is 29.4 Å². The van der Waals surface area contributed by atoms with Crippen LogP contribution in [0.1, 0.15) is 36.5 Å². The average molecular weight is 437 g/mol. The zero-order valence-corrected chi connectivity index (χ0v) is 17.9. The van der Waals surface area contributed by atoms with Gasteiger partial charge in [0.1, 0.15) is 12.4 Å². The first-order valence-corrected chi connectivity index (χ1v) is 11.5. The zero-order chi connectivity index (χ0) is 20.9. The van der Waals surface area contributed by atoms with Gasteiger partial charge in [0.05, 0.1) is 11.4 Å². The molecule has 0 aromatic heterocycles. The summed E-state index contributed by atoms with van der Waals surface area (Å²) in [4.78, 5) is 12.6. The fraction of sp³-hybridized carbons (Fsp3) is 0.381. The second-order valence-electron chi connectivity index (χ2n) is 7.05. The van der Waals surface area contributed by atoms with Crippen LogP contribution in [0, 0.1) is 0 Å². The monoisotopic (exact) mass is 436 g/mol. The third-order valence-electron chi connectivity index (χ3n) is 4.91. The van der Waals surface area contributed by atoms with Gasteiger partial charge in [-0.1, -0.05) is 24.1 Å². The van der Waals surface area contributed by atoms with Gasteiger partial charge < -0.3 is 10.1 Å². The predicted octanol–water partition coefficient (Wildman–Crippen LogP) is 3.71. The molecule has 3 rings (SSSR count). The SMILES string of the molecule is CC1CCCCN1S(=O)(=O)c1cccc(C(=O)NCCOc2ccc(Cl)cc2)c1. The van der Waals surface area contributed by atoms with Crippen molar-refractivity contribution in [2.24, 2.45) is 0 Å². The molecule has 29 heavy (non-hydrogen) atoms. The number of amides is 1. The van der Waals surface area contributed by atoms with Crippen LogP contribution >= 0.6 is 11.6 Å². The first-order valence-electron chi connectivity index (χ1n) is 9.66. The molecule has 0 spiro atoms. The van der Waals surface area contributed by atoms with E-state index >= 15 is 0 Å². The van der Waals surface area contributed by atoms with Crippen molar-refractivity contribution >= 4 is 27.5 Å². The molecule has 6 nitrogen and oxygen atoms in total. The molecule has 1 unspecified atom stereocenters. The van der Waals surface area contributed by atoms with E-state index in [1.165, 1.54) is 16.4 Å². The molecule has 1 saturated heterocycles. The number of piperidine rings is 1. The number of ether oxygens (including phenoxy) is 1. The minimum Gasteiger partial charge on any atom is -0.492 e. The van der Waals surface area contributed by atoms with E-state index in [1.54, 1.807) is 36.4 Å². The number of carbonyl (C=O) groups is 1. The van der Waals surface area contributed by atoms with Crippen LogP contribution in [0.2, 0.25) is 5.02 Å². The lowest BCUT2D eigenvalue weighted by atomic mass is 10.1. The van der Waals surface area contributed by atoms with E-state index in [1.807, 2.05) is 6.92 Å². The van der Waals surface area contributed by atoms with Gasteiger partial charge in [-0.2, -0.15) is 4.31 Å².